The van der Waals surface area contributed by atoms with Gasteiger partial charge in [-0.25, -0.2) is 4.98 Å². The van der Waals surface area contributed by atoms with Crippen molar-refractivity contribution in [2.75, 3.05) is 19.0 Å². The van der Waals surface area contributed by atoms with E-state index in [1.807, 2.05) is 18.2 Å². The number of aliphatic hydroxyl groups excluding tert-OH is 1. The van der Waals surface area contributed by atoms with Gasteiger partial charge in [0.05, 0.1) is 24.8 Å². The summed E-state index contributed by atoms with van der Waals surface area (Å²) in [5.41, 5.74) is 1.86. The molecule has 29 heavy (non-hydrogen) atoms. The van der Waals surface area contributed by atoms with Crippen LogP contribution in [-0.4, -0.2) is 46.6 Å². The molecule has 0 fully saturated rings. The van der Waals surface area contributed by atoms with Crippen molar-refractivity contribution >= 4 is 39.8 Å². The molecule has 0 spiro atoms. The number of methoxy groups -OCH3 is 1. The quantitative estimate of drug-likeness (QED) is 0.396. The molecule has 2 aromatic heterocycles. The van der Waals surface area contributed by atoms with Gasteiger partial charge in [0.2, 0.25) is 5.95 Å². The molecule has 0 bridgehead atoms. The molecule has 2 heterocycles. The Morgan fingerprint density at radius 3 is 2.83 bits per heavy atom. The van der Waals surface area contributed by atoms with E-state index >= 15 is 0 Å². The lowest BCUT2D eigenvalue weighted by molar-refractivity contribution is -0.118. The second-order valence-electron chi connectivity index (χ2n) is 6.29. The maximum atomic E-state index is 12.5. The molecule has 2 amide bonds. The van der Waals surface area contributed by atoms with Crippen LogP contribution in [0.4, 0.5) is 5.95 Å². The number of nitrogens with one attached hydrogen (secondary N) is 3. The molecule has 2 aromatic carbocycles. The van der Waals surface area contributed by atoms with E-state index in [1.54, 1.807) is 30.3 Å². The minimum Gasteiger partial charge on any atom is -0.493 e. The number of hydrogen-bond acceptors (Lipinski definition) is 6. The molecule has 0 aliphatic carbocycles. The van der Waals surface area contributed by atoms with Gasteiger partial charge in [0.15, 0.2) is 17.1 Å². The van der Waals surface area contributed by atoms with Gasteiger partial charge in [-0.2, -0.15) is 0 Å². The van der Waals surface area contributed by atoms with Crippen molar-refractivity contribution in [2.24, 2.45) is 0 Å². The van der Waals surface area contributed by atoms with E-state index < -0.39 is 24.5 Å². The monoisotopic (exact) mass is 394 g/mol. The molecule has 0 saturated heterocycles. The van der Waals surface area contributed by atoms with E-state index in [2.05, 4.69) is 20.6 Å². The van der Waals surface area contributed by atoms with E-state index in [-0.39, 0.29) is 11.7 Å². The number of rotatable bonds is 6. The van der Waals surface area contributed by atoms with Crippen LogP contribution >= 0.6 is 0 Å². The predicted molar refractivity (Wildman–Crippen MR) is 106 cm³/mol. The van der Waals surface area contributed by atoms with Gasteiger partial charge in [0.1, 0.15) is 6.04 Å². The fourth-order valence-electron chi connectivity index (χ4n) is 2.95. The van der Waals surface area contributed by atoms with Crippen molar-refractivity contribution in [1.29, 1.82) is 0 Å². The first kappa shape index (κ1) is 18.5. The Morgan fingerprint density at radius 1 is 1.24 bits per heavy atom. The number of fused-ring (bicyclic) bond motifs is 2. The maximum Gasteiger partial charge on any atom is 0.287 e. The summed E-state index contributed by atoms with van der Waals surface area (Å²) in [6, 6.07) is 12.9. The minimum absolute atomic E-state index is 0.000475. The summed E-state index contributed by atoms with van der Waals surface area (Å²) in [4.78, 5) is 32.2. The first-order chi connectivity index (χ1) is 14.1. The number of aromatic amines is 1. The van der Waals surface area contributed by atoms with Gasteiger partial charge in [0, 0.05) is 5.39 Å². The number of amides is 2. The standard InChI is InChI=1S/C20H18N4O5/c1-28-15-8-4-5-11-9-16(29-17(11)15)19(27)21-14(10-25)18(26)24-20-22-12-6-2-3-7-13(12)23-20/h2-9,14,25H,10H2,1H3,(H,21,27)(H2,22,23,24,26). The Bertz CT molecular complexity index is 1160. The summed E-state index contributed by atoms with van der Waals surface area (Å²) in [5.74, 6) is -0.546. The van der Waals surface area contributed by atoms with E-state index in [9.17, 15) is 14.7 Å². The topological polar surface area (TPSA) is 129 Å². The number of nitrogens with zero attached hydrogens (tertiary/aromatic N) is 1. The highest BCUT2D eigenvalue weighted by Crippen LogP contribution is 2.28. The zero-order valence-corrected chi connectivity index (χ0v) is 15.4. The SMILES string of the molecule is COc1cccc2cc(C(=O)NC(CO)C(=O)Nc3nc4ccccc4[nH]3)oc12. The summed E-state index contributed by atoms with van der Waals surface area (Å²) in [7, 11) is 1.50. The molecule has 0 saturated carbocycles. The van der Waals surface area contributed by atoms with Gasteiger partial charge in [-0.3, -0.25) is 14.9 Å². The number of carbonyl (C=O) groups excluding carboxylic acids is 2. The average Bonchev–Trinajstić information content (AvgIpc) is 3.34. The second kappa shape index (κ2) is 7.64. The van der Waals surface area contributed by atoms with Gasteiger partial charge < -0.3 is 24.6 Å². The number of anilines is 1. The number of aromatic nitrogens is 2. The zero-order chi connectivity index (χ0) is 20.4. The van der Waals surface area contributed by atoms with Crippen LogP contribution in [0, 0.1) is 0 Å². The fraction of sp³-hybridized carbons (Fsp3) is 0.150. The molecule has 0 aliphatic rings. The third kappa shape index (κ3) is 3.63. The highest BCUT2D eigenvalue weighted by atomic mass is 16.5. The normalized spacial score (nSPS) is 12.1. The number of aliphatic hydroxyl groups is 1. The van der Waals surface area contributed by atoms with Crippen LogP contribution in [0.2, 0.25) is 0 Å². The van der Waals surface area contributed by atoms with Crippen LogP contribution in [0.25, 0.3) is 22.0 Å². The largest absolute Gasteiger partial charge is 0.493 e. The van der Waals surface area contributed by atoms with Gasteiger partial charge in [-0.1, -0.05) is 24.3 Å². The molecule has 9 nitrogen and oxygen atoms in total. The molecule has 148 valence electrons. The fourth-order valence-corrected chi connectivity index (χ4v) is 2.95. The van der Waals surface area contributed by atoms with Gasteiger partial charge in [0.25, 0.3) is 11.8 Å². The summed E-state index contributed by atoms with van der Waals surface area (Å²) in [6.07, 6.45) is 0. The molecule has 4 aromatic rings. The van der Waals surface area contributed by atoms with Crippen LogP contribution in [-0.2, 0) is 4.79 Å². The molecule has 1 atom stereocenters. The molecule has 9 heteroatoms. The van der Waals surface area contributed by atoms with E-state index in [4.69, 9.17) is 9.15 Å². The first-order valence-corrected chi connectivity index (χ1v) is 8.83. The first-order valence-electron chi connectivity index (χ1n) is 8.83. The Morgan fingerprint density at radius 2 is 2.07 bits per heavy atom. The van der Waals surface area contributed by atoms with Crippen LogP contribution in [0.5, 0.6) is 5.75 Å². The second-order valence-corrected chi connectivity index (χ2v) is 6.29. The number of H-pyrrole nitrogens is 1. The summed E-state index contributed by atoms with van der Waals surface area (Å²) < 4.78 is 10.8. The van der Waals surface area contributed by atoms with Gasteiger partial charge in [-0.05, 0) is 24.3 Å². The Hall–Kier alpha value is -3.85. The van der Waals surface area contributed by atoms with Gasteiger partial charge in [-0.15, -0.1) is 0 Å². The third-order valence-electron chi connectivity index (χ3n) is 4.39. The lowest BCUT2D eigenvalue weighted by atomic mass is 10.2. The molecule has 4 N–H and O–H groups in total. The van der Waals surface area contributed by atoms with Crippen molar-refractivity contribution in [3.05, 3.63) is 54.3 Å². The average molecular weight is 394 g/mol. The third-order valence-corrected chi connectivity index (χ3v) is 4.39. The molecule has 1 unspecified atom stereocenters. The van der Waals surface area contributed by atoms with Crippen LogP contribution in [0.1, 0.15) is 10.6 Å². The van der Waals surface area contributed by atoms with Crippen LogP contribution in [0.3, 0.4) is 0 Å². The van der Waals surface area contributed by atoms with E-state index in [1.165, 1.54) is 7.11 Å². The van der Waals surface area contributed by atoms with E-state index in [0.717, 1.165) is 5.52 Å². The Labute approximate surface area is 164 Å². The van der Waals surface area contributed by atoms with Crippen molar-refractivity contribution < 1.29 is 23.8 Å². The molecular weight excluding hydrogens is 376 g/mol. The van der Waals surface area contributed by atoms with Crippen LogP contribution in [0.15, 0.2) is 52.9 Å². The molecular formula is C20H18N4O5. The molecule has 0 radical (unpaired) electrons. The highest BCUT2D eigenvalue weighted by molar-refractivity contribution is 6.02. The molecule has 4 rings (SSSR count). The maximum absolute atomic E-state index is 12.5. The van der Waals surface area contributed by atoms with Crippen molar-refractivity contribution in [3.63, 3.8) is 0 Å². The Kier molecular flexibility index (Phi) is 4.88. The van der Waals surface area contributed by atoms with Crippen molar-refractivity contribution in [3.8, 4) is 5.75 Å². The number of furan rings is 1. The molecule has 0 aliphatic heterocycles. The number of carbonyl (C=O) groups is 2. The zero-order valence-electron chi connectivity index (χ0n) is 15.4. The van der Waals surface area contributed by atoms with Crippen LogP contribution < -0.4 is 15.4 Å². The van der Waals surface area contributed by atoms with Crippen molar-refractivity contribution in [2.45, 2.75) is 6.04 Å². The summed E-state index contributed by atoms with van der Waals surface area (Å²) >= 11 is 0. The Balaban J connectivity index is 1.49. The number of benzene rings is 2. The lowest BCUT2D eigenvalue weighted by Crippen LogP contribution is -2.46. The lowest BCUT2D eigenvalue weighted by Gasteiger charge is -2.14. The summed E-state index contributed by atoms with van der Waals surface area (Å²) in [6.45, 7) is -0.596. The number of imidazole rings is 1. The summed E-state index contributed by atoms with van der Waals surface area (Å²) in [5, 5.41) is 15.3. The van der Waals surface area contributed by atoms with Crippen molar-refractivity contribution in [1.82, 2.24) is 15.3 Å². The number of ether oxygens (including phenoxy) is 1. The highest BCUT2D eigenvalue weighted by Gasteiger charge is 2.24. The van der Waals surface area contributed by atoms with Gasteiger partial charge >= 0.3 is 0 Å². The minimum atomic E-state index is -1.19. The predicted octanol–water partition coefficient (Wildman–Crippen LogP) is 2.05. The smallest absolute Gasteiger partial charge is 0.287 e. The van der Waals surface area contributed by atoms with E-state index in [0.29, 0.717) is 22.2 Å². The number of hydrogen-bond donors (Lipinski definition) is 4. The number of para-hydroxylation sites is 3.